The van der Waals surface area contributed by atoms with E-state index in [9.17, 15) is 0 Å². The topological polar surface area (TPSA) is 43.8 Å². The molecule has 0 aliphatic rings. The lowest BCUT2D eigenvalue weighted by atomic mass is 10.0. The molecule has 1 heterocycles. The van der Waals surface area contributed by atoms with Crippen molar-refractivity contribution in [1.29, 1.82) is 0 Å². The molecule has 3 heteroatoms. The van der Waals surface area contributed by atoms with E-state index in [1.807, 2.05) is 6.08 Å². The van der Waals surface area contributed by atoms with Crippen LogP contribution in [0.5, 0.6) is 0 Å². The Hall–Kier alpha value is -2.03. The van der Waals surface area contributed by atoms with Gasteiger partial charge in [0.05, 0.1) is 0 Å². The molecule has 0 aliphatic heterocycles. The normalized spacial score (nSPS) is 11.1. The number of rotatable bonds is 4. The zero-order valence-corrected chi connectivity index (χ0v) is 12.8. The SMILES string of the molecule is C=CCn1c(C(C)C)nc(-c2cccc(C)c2C)c1N. The minimum atomic E-state index is 0.330. The molecule has 20 heavy (non-hydrogen) atoms. The second-order valence-electron chi connectivity index (χ2n) is 5.51. The van der Waals surface area contributed by atoms with Crippen molar-refractivity contribution in [1.82, 2.24) is 9.55 Å². The minimum Gasteiger partial charge on any atom is -0.383 e. The van der Waals surface area contributed by atoms with Gasteiger partial charge < -0.3 is 10.3 Å². The molecular formula is C17H23N3. The molecule has 2 aromatic rings. The molecule has 1 aromatic heterocycles. The number of imidazole rings is 1. The molecular weight excluding hydrogens is 246 g/mol. The number of allylic oxidation sites excluding steroid dienone is 1. The fourth-order valence-electron chi connectivity index (χ4n) is 2.45. The number of aryl methyl sites for hydroxylation is 1. The highest BCUT2D eigenvalue weighted by atomic mass is 15.1. The molecule has 0 amide bonds. The zero-order chi connectivity index (χ0) is 14.9. The van der Waals surface area contributed by atoms with Gasteiger partial charge in [0.25, 0.3) is 0 Å². The monoisotopic (exact) mass is 269 g/mol. The summed E-state index contributed by atoms with van der Waals surface area (Å²) >= 11 is 0. The molecule has 0 aliphatic carbocycles. The number of nitrogens with two attached hydrogens (primary N) is 1. The third-order valence-electron chi connectivity index (χ3n) is 3.72. The number of anilines is 1. The minimum absolute atomic E-state index is 0.330. The molecule has 0 saturated carbocycles. The first-order valence-corrected chi connectivity index (χ1v) is 7.00. The van der Waals surface area contributed by atoms with Crippen LogP contribution in [0.2, 0.25) is 0 Å². The van der Waals surface area contributed by atoms with Gasteiger partial charge in [0.2, 0.25) is 0 Å². The highest BCUT2D eigenvalue weighted by Gasteiger charge is 2.18. The van der Waals surface area contributed by atoms with E-state index < -0.39 is 0 Å². The van der Waals surface area contributed by atoms with Crippen LogP contribution in [0, 0.1) is 13.8 Å². The van der Waals surface area contributed by atoms with Gasteiger partial charge >= 0.3 is 0 Å². The number of aromatic nitrogens is 2. The van der Waals surface area contributed by atoms with Crippen molar-refractivity contribution in [3.05, 3.63) is 47.8 Å². The van der Waals surface area contributed by atoms with E-state index in [4.69, 9.17) is 10.7 Å². The van der Waals surface area contributed by atoms with E-state index in [-0.39, 0.29) is 0 Å². The third kappa shape index (κ3) is 2.36. The van der Waals surface area contributed by atoms with Crippen LogP contribution in [-0.4, -0.2) is 9.55 Å². The summed E-state index contributed by atoms with van der Waals surface area (Å²) < 4.78 is 2.05. The van der Waals surface area contributed by atoms with Crippen LogP contribution in [0.15, 0.2) is 30.9 Å². The summed E-state index contributed by atoms with van der Waals surface area (Å²) in [6, 6.07) is 6.25. The summed E-state index contributed by atoms with van der Waals surface area (Å²) in [4.78, 5) is 4.79. The Balaban J connectivity index is 2.66. The summed E-state index contributed by atoms with van der Waals surface area (Å²) in [7, 11) is 0. The van der Waals surface area contributed by atoms with Crippen molar-refractivity contribution in [2.45, 2.75) is 40.2 Å². The zero-order valence-electron chi connectivity index (χ0n) is 12.8. The van der Waals surface area contributed by atoms with Crippen molar-refractivity contribution >= 4 is 5.82 Å². The Bertz CT molecular complexity index is 636. The first-order valence-electron chi connectivity index (χ1n) is 7.00. The Morgan fingerprint density at radius 3 is 2.65 bits per heavy atom. The predicted octanol–water partition coefficient (Wildman–Crippen LogP) is 4.06. The van der Waals surface area contributed by atoms with Crippen LogP contribution in [0.25, 0.3) is 11.3 Å². The highest BCUT2D eigenvalue weighted by molar-refractivity contribution is 5.74. The molecule has 2 N–H and O–H groups in total. The largest absolute Gasteiger partial charge is 0.383 e. The maximum atomic E-state index is 6.33. The number of benzene rings is 1. The van der Waals surface area contributed by atoms with E-state index in [1.165, 1.54) is 11.1 Å². The number of nitrogens with zero attached hydrogens (tertiary/aromatic N) is 2. The van der Waals surface area contributed by atoms with Gasteiger partial charge in [-0.15, -0.1) is 6.58 Å². The molecule has 2 rings (SSSR count). The fraction of sp³-hybridized carbons (Fsp3) is 0.353. The van der Waals surface area contributed by atoms with Crippen LogP contribution < -0.4 is 5.73 Å². The third-order valence-corrected chi connectivity index (χ3v) is 3.72. The summed E-state index contributed by atoms with van der Waals surface area (Å²) in [5.41, 5.74) is 10.8. The quantitative estimate of drug-likeness (QED) is 0.851. The molecule has 0 fully saturated rings. The Labute approximate surface area is 121 Å². The van der Waals surface area contributed by atoms with E-state index in [0.717, 1.165) is 22.9 Å². The molecule has 0 unspecified atom stereocenters. The van der Waals surface area contributed by atoms with E-state index in [2.05, 4.69) is 57.0 Å². The Morgan fingerprint density at radius 1 is 1.35 bits per heavy atom. The summed E-state index contributed by atoms with van der Waals surface area (Å²) in [5, 5.41) is 0. The highest BCUT2D eigenvalue weighted by Crippen LogP contribution is 2.32. The lowest BCUT2D eigenvalue weighted by Crippen LogP contribution is -2.07. The molecule has 0 radical (unpaired) electrons. The average molecular weight is 269 g/mol. The van der Waals surface area contributed by atoms with Gasteiger partial charge in [0.1, 0.15) is 17.3 Å². The van der Waals surface area contributed by atoms with Crippen LogP contribution in [0.3, 0.4) is 0 Å². The predicted molar refractivity (Wildman–Crippen MR) is 85.8 cm³/mol. The first kappa shape index (κ1) is 14.4. The Morgan fingerprint density at radius 2 is 2.05 bits per heavy atom. The number of hydrogen-bond donors (Lipinski definition) is 1. The van der Waals surface area contributed by atoms with Crippen LogP contribution in [-0.2, 0) is 6.54 Å². The van der Waals surface area contributed by atoms with E-state index in [1.54, 1.807) is 0 Å². The second-order valence-corrected chi connectivity index (χ2v) is 5.51. The van der Waals surface area contributed by atoms with Crippen molar-refractivity contribution in [2.75, 3.05) is 5.73 Å². The first-order chi connectivity index (χ1) is 9.47. The lowest BCUT2D eigenvalue weighted by Gasteiger charge is -2.09. The molecule has 0 bridgehead atoms. The van der Waals surface area contributed by atoms with Crippen LogP contribution in [0.1, 0.15) is 36.7 Å². The summed E-state index contributed by atoms with van der Waals surface area (Å²) in [6.07, 6.45) is 1.86. The molecule has 106 valence electrons. The molecule has 3 nitrogen and oxygen atoms in total. The number of nitrogen functional groups attached to an aromatic ring is 1. The van der Waals surface area contributed by atoms with Gasteiger partial charge in [-0.25, -0.2) is 4.98 Å². The van der Waals surface area contributed by atoms with Crippen molar-refractivity contribution in [3.63, 3.8) is 0 Å². The fourth-order valence-corrected chi connectivity index (χ4v) is 2.45. The number of hydrogen-bond acceptors (Lipinski definition) is 2. The van der Waals surface area contributed by atoms with Gasteiger partial charge in [-0.3, -0.25) is 0 Å². The van der Waals surface area contributed by atoms with Crippen molar-refractivity contribution in [3.8, 4) is 11.3 Å². The average Bonchev–Trinajstić information content (AvgIpc) is 2.72. The van der Waals surface area contributed by atoms with E-state index >= 15 is 0 Å². The maximum absolute atomic E-state index is 6.33. The van der Waals surface area contributed by atoms with Gasteiger partial charge in [-0.2, -0.15) is 0 Å². The van der Waals surface area contributed by atoms with Crippen molar-refractivity contribution < 1.29 is 0 Å². The van der Waals surface area contributed by atoms with Crippen LogP contribution >= 0.6 is 0 Å². The van der Waals surface area contributed by atoms with Gasteiger partial charge in [-0.05, 0) is 25.0 Å². The van der Waals surface area contributed by atoms with Gasteiger partial charge in [-0.1, -0.05) is 38.1 Å². The molecule has 0 atom stereocenters. The molecule has 0 spiro atoms. The summed E-state index contributed by atoms with van der Waals surface area (Å²) in [5.74, 6) is 2.07. The van der Waals surface area contributed by atoms with Crippen molar-refractivity contribution in [2.24, 2.45) is 0 Å². The second kappa shape index (κ2) is 5.53. The standard InChI is InChI=1S/C17H23N3/c1-6-10-20-16(18)15(19-17(20)11(2)3)14-9-7-8-12(4)13(14)5/h6-9,11H,1,10,18H2,2-5H3. The lowest BCUT2D eigenvalue weighted by molar-refractivity contribution is 0.684. The molecule has 1 aromatic carbocycles. The Kier molecular flexibility index (Phi) is 3.98. The van der Waals surface area contributed by atoms with Gasteiger partial charge in [0, 0.05) is 18.0 Å². The smallest absolute Gasteiger partial charge is 0.132 e. The molecule has 0 saturated heterocycles. The van der Waals surface area contributed by atoms with Gasteiger partial charge in [0.15, 0.2) is 0 Å². The summed E-state index contributed by atoms with van der Waals surface area (Å²) in [6.45, 7) is 13.0. The van der Waals surface area contributed by atoms with E-state index in [0.29, 0.717) is 12.5 Å². The maximum Gasteiger partial charge on any atom is 0.132 e. The van der Waals surface area contributed by atoms with Crippen LogP contribution in [0.4, 0.5) is 5.82 Å².